The maximum absolute atomic E-state index is 11.0. The number of carbonyl (C=O) groups excluding carboxylic acids is 1. The van der Waals surface area contributed by atoms with E-state index in [0.717, 1.165) is 44.9 Å². The summed E-state index contributed by atoms with van der Waals surface area (Å²) in [4.78, 5) is 11.0. The van der Waals surface area contributed by atoms with E-state index in [1.165, 1.54) is 64.9 Å². The number of aliphatic hydroxyl groups excluding tert-OH is 2. The Bertz CT molecular complexity index is 320. The van der Waals surface area contributed by atoms with Gasteiger partial charge in [-0.2, -0.15) is 0 Å². The van der Waals surface area contributed by atoms with E-state index in [0.29, 0.717) is 12.8 Å². The predicted octanol–water partition coefficient (Wildman–Crippen LogP) is 5.92. The minimum Gasteiger partial charge on any atom is -0.469 e. The molecule has 2 unspecified atom stereocenters. The number of methoxy groups -OCH3 is 1. The number of ether oxygens (including phenoxy) is 1. The molecule has 2 atom stereocenters. The molecule has 0 aromatic carbocycles. The second-order valence-electron chi connectivity index (χ2n) is 7.99. The molecule has 0 saturated heterocycles. The summed E-state index contributed by atoms with van der Waals surface area (Å²) in [6.45, 7) is 2.25. The minimum absolute atomic E-state index is 0.138. The van der Waals surface area contributed by atoms with Gasteiger partial charge in [-0.15, -0.1) is 0 Å². The highest BCUT2D eigenvalue weighted by atomic mass is 16.5. The average molecular weight is 387 g/mol. The van der Waals surface area contributed by atoms with Crippen molar-refractivity contribution < 1.29 is 19.7 Å². The van der Waals surface area contributed by atoms with Crippen LogP contribution in [0.25, 0.3) is 0 Å². The Morgan fingerprint density at radius 2 is 1.04 bits per heavy atom. The fourth-order valence-corrected chi connectivity index (χ4v) is 3.48. The zero-order valence-corrected chi connectivity index (χ0v) is 18.1. The summed E-state index contributed by atoms with van der Waals surface area (Å²) in [5.74, 6) is -0.138. The summed E-state index contributed by atoms with van der Waals surface area (Å²) in [6, 6.07) is 0. The lowest BCUT2D eigenvalue weighted by molar-refractivity contribution is -0.140. The van der Waals surface area contributed by atoms with Crippen molar-refractivity contribution in [3.63, 3.8) is 0 Å². The molecule has 2 N–H and O–H groups in total. The fraction of sp³-hybridized carbons (Fsp3) is 0.957. The number of hydrogen-bond donors (Lipinski definition) is 2. The SMILES string of the molecule is CCCCCCCCCCCCC(O)C(O)CCCCCCCC(=O)OC. The second kappa shape index (κ2) is 20.1. The van der Waals surface area contributed by atoms with Gasteiger partial charge in [0, 0.05) is 6.42 Å². The van der Waals surface area contributed by atoms with Crippen LogP contribution in [0.15, 0.2) is 0 Å². The molecular formula is C23H46O4. The molecule has 0 aliphatic carbocycles. The van der Waals surface area contributed by atoms with Crippen LogP contribution in [0, 0.1) is 0 Å². The predicted molar refractivity (Wildman–Crippen MR) is 113 cm³/mol. The number of esters is 1. The van der Waals surface area contributed by atoms with Gasteiger partial charge < -0.3 is 14.9 Å². The Hall–Kier alpha value is -0.610. The van der Waals surface area contributed by atoms with Gasteiger partial charge in [0.1, 0.15) is 0 Å². The van der Waals surface area contributed by atoms with Gasteiger partial charge in [0.25, 0.3) is 0 Å². The maximum atomic E-state index is 11.0. The summed E-state index contributed by atoms with van der Waals surface area (Å²) in [7, 11) is 1.42. The number of carbonyl (C=O) groups is 1. The van der Waals surface area contributed by atoms with E-state index in [1.54, 1.807) is 0 Å². The van der Waals surface area contributed by atoms with Crippen LogP contribution in [0.5, 0.6) is 0 Å². The summed E-state index contributed by atoms with van der Waals surface area (Å²) < 4.78 is 4.61. The van der Waals surface area contributed by atoms with Gasteiger partial charge in [-0.25, -0.2) is 0 Å². The number of aliphatic hydroxyl groups is 2. The smallest absolute Gasteiger partial charge is 0.305 e. The highest BCUT2D eigenvalue weighted by Crippen LogP contribution is 2.16. The van der Waals surface area contributed by atoms with Gasteiger partial charge in [0.2, 0.25) is 0 Å². The van der Waals surface area contributed by atoms with E-state index in [-0.39, 0.29) is 5.97 Å². The lowest BCUT2D eigenvalue weighted by Crippen LogP contribution is -2.25. The van der Waals surface area contributed by atoms with E-state index in [4.69, 9.17) is 0 Å². The van der Waals surface area contributed by atoms with E-state index in [9.17, 15) is 15.0 Å². The Morgan fingerprint density at radius 1 is 0.667 bits per heavy atom. The summed E-state index contributed by atoms with van der Waals surface area (Å²) in [6.07, 6.45) is 18.6. The molecule has 0 aliphatic rings. The minimum atomic E-state index is -0.585. The van der Waals surface area contributed by atoms with Crippen LogP contribution < -0.4 is 0 Å². The maximum Gasteiger partial charge on any atom is 0.305 e. The van der Waals surface area contributed by atoms with Crippen molar-refractivity contribution in [1.29, 1.82) is 0 Å². The van der Waals surface area contributed by atoms with Crippen LogP contribution in [-0.2, 0) is 9.53 Å². The van der Waals surface area contributed by atoms with Gasteiger partial charge in [-0.05, 0) is 19.3 Å². The largest absolute Gasteiger partial charge is 0.469 e. The zero-order chi connectivity index (χ0) is 20.2. The van der Waals surface area contributed by atoms with Crippen molar-refractivity contribution in [3.8, 4) is 0 Å². The Labute approximate surface area is 168 Å². The van der Waals surface area contributed by atoms with Crippen molar-refractivity contribution >= 4 is 5.97 Å². The van der Waals surface area contributed by atoms with Gasteiger partial charge in [0.05, 0.1) is 19.3 Å². The molecule has 0 radical (unpaired) electrons. The molecule has 4 heteroatoms. The van der Waals surface area contributed by atoms with Crippen molar-refractivity contribution in [3.05, 3.63) is 0 Å². The Morgan fingerprint density at radius 3 is 1.44 bits per heavy atom. The molecule has 0 heterocycles. The second-order valence-corrected chi connectivity index (χ2v) is 7.99. The van der Waals surface area contributed by atoms with Crippen LogP contribution in [0.4, 0.5) is 0 Å². The van der Waals surface area contributed by atoms with Gasteiger partial charge in [0.15, 0.2) is 0 Å². The van der Waals surface area contributed by atoms with Crippen molar-refractivity contribution in [1.82, 2.24) is 0 Å². The van der Waals surface area contributed by atoms with E-state index in [2.05, 4.69) is 11.7 Å². The third-order valence-corrected chi connectivity index (χ3v) is 5.41. The van der Waals surface area contributed by atoms with E-state index < -0.39 is 12.2 Å². The Kier molecular flexibility index (Phi) is 19.7. The third-order valence-electron chi connectivity index (χ3n) is 5.41. The van der Waals surface area contributed by atoms with Crippen molar-refractivity contribution in [2.24, 2.45) is 0 Å². The molecule has 162 valence electrons. The van der Waals surface area contributed by atoms with Gasteiger partial charge >= 0.3 is 5.97 Å². The summed E-state index contributed by atoms with van der Waals surface area (Å²) in [5.41, 5.74) is 0. The lowest BCUT2D eigenvalue weighted by Gasteiger charge is -2.17. The molecule has 0 spiro atoms. The third kappa shape index (κ3) is 18.5. The first kappa shape index (κ1) is 26.4. The quantitative estimate of drug-likeness (QED) is 0.201. The van der Waals surface area contributed by atoms with Crippen molar-refractivity contribution in [2.45, 2.75) is 135 Å². The normalized spacial score (nSPS) is 13.5. The monoisotopic (exact) mass is 386 g/mol. The van der Waals surface area contributed by atoms with E-state index in [1.807, 2.05) is 0 Å². The topological polar surface area (TPSA) is 66.8 Å². The molecule has 0 fully saturated rings. The average Bonchev–Trinajstić information content (AvgIpc) is 2.67. The highest BCUT2D eigenvalue weighted by Gasteiger charge is 2.15. The highest BCUT2D eigenvalue weighted by molar-refractivity contribution is 5.68. The molecule has 4 nitrogen and oxygen atoms in total. The first-order chi connectivity index (χ1) is 13.1. The number of unbranched alkanes of at least 4 members (excludes halogenated alkanes) is 13. The van der Waals surface area contributed by atoms with Crippen LogP contribution in [0.2, 0.25) is 0 Å². The molecule has 0 aromatic rings. The number of rotatable bonds is 20. The molecule has 0 amide bonds. The molecule has 0 aromatic heterocycles. The number of hydrogen-bond acceptors (Lipinski definition) is 4. The van der Waals surface area contributed by atoms with Gasteiger partial charge in [-0.3, -0.25) is 4.79 Å². The van der Waals surface area contributed by atoms with Crippen LogP contribution in [0.3, 0.4) is 0 Å². The van der Waals surface area contributed by atoms with Crippen molar-refractivity contribution in [2.75, 3.05) is 7.11 Å². The van der Waals surface area contributed by atoms with Crippen LogP contribution in [-0.4, -0.2) is 35.5 Å². The lowest BCUT2D eigenvalue weighted by atomic mass is 9.99. The Balaban J connectivity index is 3.36. The summed E-state index contributed by atoms with van der Waals surface area (Å²) in [5, 5.41) is 20.1. The fourth-order valence-electron chi connectivity index (χ4n) is 3.48. The molecule has 0 saturated carbocycles. The molecule has 27 heavy (non-hydrogen) atoms. The van der Waals surface area contributed by atoms with Crippen LogP contribution >= 0.6 is 0 Å². The molecule has 0 aliphatic heterocycles. The zero-order valence-electron chi connectivity index (χ0n) is 18.1. The molecular weight excluding hydrogens is 340 g/mol. The van der Waals surface area contributed by atoms with Crippen LogP contribution in [0.1, 0.15) is 122 Å². The van der Waals surface area contributed by atoms with Gasteiger partial charge in [-0.1, -0.05) is 96.8 Å². The molecule has 0 bridgehead atoms. The first-order valence-corrected chi connectivity index (χ1v) is 11.5. The molecule has 0 rings (SSSR count). The summed E-state index contributed by atoms with van der Waals surface area (Å²) >= 11 is 0. The standard InChI is InChI=1S/C23H46O4/c1-3-4-5-6-7-8-9-10-12-15-18-21(24)22(25)19-16-13-11-14-17-20-23(26)27-2/h21-22,24-25H,3-20H2,1-2H3. The first-order valence-electron chi connectivity index (χ1n) is 11.5. The van der Waals surface area contributed by atoms with E-state index >= 15 is 0 Å².